The van der Waals surface area contributed by atoms with Crippen molar-refractivity contribution >= 4 is 41.5 Å². The van der Waals surface area contributed by atoms with Crippen molar-refractivity contribution in [2.24, 2.45) is 0 Å². The summed E-state index contributed by atoms with van der Waals surface area (Å²) in [4.78, 5) is 2.26. The number of nitrogens with one attached hydrogen (secondary N) is 2. The van der Waals surface area contributed by atoms with E-state index in [1.807, 2.05) is 18.2 Å². The van der Waals surface area contributed by atoms with Crippen molar-refractivity contribution in [1.82, 2.24) is 4.94 Å². The van der Waals surface area contributed by atoms with Gasteiger partial charge in [0.2, 0.25) is 0 Å². The van der Waals surface area contributed by atoms with E-state index in [4.69, 9.17) is 23.4 Å². The average molecular weight is 213 g/mol. The van der Waals surface area contributed by atoms with Crippen LogP contribution in [0.4, 0.5) is 5.69 Å². The second-order valence-electron chi connectivity index (χ2n) is 1.70. The Labute approximate surface area is 81.4 Å². The molecule has 2 nitrogen and oxygen atoms in total. The van der Waals surface area contributed by atoms with E-state index in [2.05, 4.69) is 10.4 Å². The monoisotopic (exact) mass is 212 g/mol. The first-order chi connectivity index (χ1) is 4.84. The van der Waals surface area contributed by atoms with E-state index in [0.29, 0.717) is 5.02 Å². The van der Waals surface area contributed by atoms with Crippen LogP contribution in [0.5, 0.6) is 0 Å². The van der Waals surface area contributed by atoms with E-state index in [1.54, 1.807) is 6.07 Å². The molecule has 0 heterocycles. The predicted octanol–water partition coefficient (Wildman–Crippen LogP) is 2.83. The van der Waals surface area contributed by atoms with Gasteiger partial charge in [0.05, 0.1) is 10.7 Å². The lowest BCUT2D eigenvalue weighted by Crippen LogP contribution is -2.08. The Balaban J connectivity index is 0.000001000. The lowest BCUT2D eigenvalue weighted by molar-refractivity contribution is 1.20. The first-order valence-corrected chi connectivity index (χ1v) is 3.46. The zero-order chi connectivity index (χ0) is 7.40. The number of anilines is 1. The second kappa shape index (κ2) is 5.49. The maximum atomic E-state index is 5.74. The number of rotatable bonds is 2. The fraction of sp³-hybridized carbons (Fsp3) is 0. The van der Waals surface area contributed by atoms with E-state index in [0.717, 1.165) is 5.69 Å². The minimum Gasteiger partial charge on any atom is -0.306 e. The maximum Gasteiger partial charge on any atom is 0.0686 e. The summed E-state index contributed by atoms with van der Waals surface area (Å²) in [6.07, 6.45) is 0. The predicted molar refractivity (Wildman–Crippen MR) is 51.3 cm³/mol. The molecule has 0 amide bonds. The van der Waals surface area contributed by atoms with Crippen molar-refractivity contribution in [2.45, 2.75) is 0 Å². The first kappa shape index (κ1) is 10.8. The summed E-state index contributed by atoms with van der Waals surface area (Å²) >= 11 is 10.9. The van der Waals surface area contributed by atoms with E-state index >= 15 is 0 Å². The van der Waals surface area contributed by atoms with Gasteiger partial charge in [-0.3, -0.25) is 0 Å². The molecular weight excluding hydrogens is 206 g/mol. The van der Waals surface area contributed by atoms with Crippen LogP contribution in [0.1, 0.15) is 0 Å². The topological polar surface area (TPSA) is 24.1 Å². The van der Waals surface area contributed by atoms with Crippen LogP contribution in [0.3, 0.4) is 0 Å². The molecule has 11 heavy (non-hydrogen) atoms. The summed E-state index contributed by atoms with van der Waals surface area (Å²) in [5.41, 5.74) is 3.42. The summed E-state index contributed by atoms with van der Waals surface area (Å²) in [6.45, 7) is 0. The van der Waals surface area contributed by atoms with Crippen LogP contribution in [0.15, 0.2) is 24.3 Å². The maximum absolute atomic E-state index is 5.74. The Morgan fingerprint density at radius 3 is 2.36 bits per heavy atom. The summed E-state index contributed by atoms with van der Waals surface area (Å²) in [7, 11) is 0. The molecule has 0 radical (unpaired) electrons. The Morgan fingerprint density at radius 1 is 1.18 bits per heavy atom. The minimum atomic E-state index is 0. The zero-order valence-electron chi connectivity index (χ0n) is 5.47. The van der Waals surface area contributed by atoms with Gasteiger partial charge in [0.15, 0.2) is 0 Å². The molecule has 0 spiro atoms. The van der Waals surface area contributed by atoms with Gasteiger partial charge in [0, 0.05) is 0 Å². The molecular formula is C6H7Cl3N2. The van der Waals surface area contributed by atoms with Gasteiger partial charge in [0.25, 0.3) is 0 Å². The van der Waals surface area contributed by atoms with Crippen LogP contribution < -0.4 is 10.4 Å². The molecule has 2 N–H and O–H groups in total. The highest BCUT2D eigenvalue weighted by atomic mass is 35.5. The number of hydrogen-bond donors (Lipinski definition) is 2. The van der Waals surface area contributed by atoms with E-state index in [1.165, 1.54) is 0 Å². The molecule has 0 aliphatic carbocycles. The molecule has 62 valence electrons. The number of halogens is 3. The van der Waals surface area contributed by atoms with Crippen LogP contribution in [-0.2, 0) is 0 Å². The van der Waals surface area contributed by atoms with Crippen LogP contribution in [-0.4, -0.2) is 0 Å². The highest BCUT2D eigenvalue weighted by Gasteiger charge is 1.93. The largest absolute Gasteiger partial charge is 0.306 e. The summed E-state index contributed by atoms with van der Waals surface area (Å²) in [5.74, 6) is 0. The quantitative estimate of drug-likeness (QED) is 0.583. The molecule has 0 fully saturated rings. The van der Waals surface area contributed by atoms with Crippen LogP contribution in [0.25, 0.3) is 0 Å². The Hall–Kier alpha value is -0.150. The van der Waals surface area contributed by atoms with Gasteiger partial charge in [-0.1, -0.05) is 23.7 Å². The number of hydrazine groups is 1. The fourth-order valence-corrected chi connectivity index (χ4v) is 0.898. The summed E-state index contributed by atoms with van der Waals surface area (Å²) < 4.78 is 0. The van der Waals surface area contributed by atoms with Crippen molar-refractivity contribution in [1.29, 1.82) is 0 Å². The Kier molecular flexibility index (Phi) is 5.42. The van der Waals surface area contributed by atoms with Crippen LogP contribution in [0, 0.1) is 0 Å². The summed E-state index contributed by atoms with van der Waals surface area (Å²) in [5, 5.41) is 0.635. The molecule has 0 aliphatic heterocycles. The molecule has 1 aromatic carbocycles. The third kappa shape index (κ3) is 3.16. The number of para-hydroxylation sites is 1. The van der Waals surface area contributed by atoms with Crippen LogP contribution >= 0.6 is 35.8 Å². The lowest BCUT2D eigenvalue weighted by atomic mass is 10.3. The van der Waals surface area contributed by atoms with Gasteiger partial charge in [-0.05, 0) is 23.9 Å². The van der Waals surface area contributed by atoms with E-state index < -0.39 is 0 Å². The second-order valence-corrected chi connectivity index (χ2v) is 2.30. The molecule has 5 heteroatoms. The zero-order valence-corrected chi connectivity index (χ0v) is 7.80. The summed E-state index contributed by atoms with van der Waals surface area (Å²) in [6, 6.07) is 7.31. The molecule has 0 saturated heterocycles. The minimum absolute atomic E-state index is 0. The smallest absolute Gasteiger partial charge is 0.0686 e. The van der Waals surface area contributed by atoms with Crippen molar-refractivity contribution in [3.63, 3.8) is 0 Å². The van der Waals surface area contributed by atoms with Gasteiger partial charge in [-0.15, -0.1) is 17.4 Å². The average Bonchev–Trinajstić information content (AvgIpc) is 1.94. The molecule has 0 atom stereocenters. The third-order valence-corrected chi connectivity index (χ3v) is 1.48. The van der Waals surface area contributed by atoms with Gasteiger partial charge < -0.3 is 5.43 Å². The SMILES string of the molecule is Cl.ClNNc1ccccc1Cl. The normalized spacial score (nSPS) is 8.55. The van der Waals surface area contributed by atoms with Crippen molar-refractivity contribution in [3.8, 4) is 0 Å². The molecule has 0 bridgehead atoms. The Bertz CT molecular complexity index is 217. The van der Waals surface area contributed by atoms with Crippen molar-refractivity contribution in [2.75, 3.05) is 5.43 Å². The molecule has 0 saturated carbocycles. The van der Waals surface area contributed by atoms with Crippen LogP contribution in [0.2, 0.25) is 5.02 Å². The van der Waals surface area contributed by atoms with E-state index in [-0.39, 0.29) is 12.4 Å². The Morgan fingerprint density at radius 2 is 1.82 bits per heavy atom. The molecule has 0 unspecified atom stereocenters. The van der Waals surface area contributed by atoms with Gasteiger partial charge in [-0.2, -0.15) is 0 Å². The highest BCUT2D eigenvalue weighted by Crippen LogP contribution is 2.19. The number of benzene rings is 1. The van der Waals surface area contributed by atoms with Gasteiger partial charge in [0.1, 0.15) is 0 Å². The molecule has 0 aromatic heterocycles. The first-order valence-electron chi connectivity index (χ1n) is 2.71. The van der Waals surface area contributed by atoms with Crippen molar-refractivity contribution < 1.29 is 0 Å². The van der Waals surface area contributed by atoms with Gasteiger partial charge in [-0.25, -0.2) is 0 Å². The lowest BCUT2D eigenvalue weighted by Gasteiger charge is -2.02. The van der Waals surface area contributed by atoms with Crippen molar-refractivity contribution in [3.05, 3.63) is 29.3 Å². The fourth-order valence-electron chi connectivity index (χ4n) is 0.613. The number of hydrogen-bond acceptors (Lipinski definition) is 2. The molecule has 1 aromatic rings. The molecule has 0 aliphatic rings. The van der Waals surface area contributed by atoms with E-state index in [9.17, 15) is 0 Å². The highest BCUT2D eigenvalue weighted by molar-refractivity contribution is 6.33. The molecule has 1 rings (SSSR count). The van der Waals surface area contributed by atoms with Gasteiger partial charge >= 0.3 is 0 Å². The standard InChI is InChI=1S/C6H6Cl2N2.ClH/c7-5-3-1-2-4-6(5)9-10-8;/h1-4,9-10H;1H. The third-order valence-electron chi connectivity index (χ3n) is 1.06.